The molecule has 0 N–H and O–H groups in total. The molecule has 0 unspecified atom stereocenters. The number of rotatable bonds is 6. The molecule has 0 bridgehead atoms. The van der Waals surface area contributed by atoms with Gasteiger partial charge in [-0.3, -0.25) is 9.69 Å². The van der Waals surface area contributed by atoms with Gasteiger partial charge >= 0.3 is 5.97 Å². The minimum absolute atomic E-state index is 0.265. The molecule has 0 radical (unpaired) electrons. The molecule has 0 atom stereocenters. The summed E-state index contributed by atoms with van der Waals surface area (Å²) >= 11 is 0. The van der Waals surface area contributed by atoms with E-state index in [9.17, 15) is 9.59 Å². The normalized spacial score (nSPS) is 15.2. The Labute approximate surface area is 171 Å². The van der Waals surface area contributed by atoms with Crippen LogP contribution in [0.2, 0.25) is 0 Å². The highest BCUT2D eigenvalue weighted by atomic mass is 16.5. The first-order chi connectivity index (χ1) is 14.0. The number of allylic oxidation sites excluding steroid dienone is 1. The van der Waals surface area contributed by atoms with Crippen molar-refractivity contribution in [2.75, 3.05) is 18.6 Å². The summed E-state index contributed by atoms with van der Waals surface area (Å²) in [6.45, 7) is 6.24. The van der Waals surface area contributed by atoms with Crippen LogP contribution in [0, 0.1) is 0 Å². The van der Waals surface area contributed by atoms with Gasteiger partial charge in [0.25, 0.3) is 5.91 Å². The first-order valence-corrected chi connectivity index (χ1v) is 9.68. The molecule has 0 saturated carbocycles. The number of para-hydroxylation sites is 1. The van der Waals surface area contributed by atoms with Crippen LogP contribution in [0.5, 0.6) is 5.75 Å². The Kier molecular flexibility index (Phi) is 6.17. The number of carbonyl (C=O) groups excluding carboxylic acids is 2. The molecule has 2 aromatic carbocycles. The molecule has 0 aromatic heterocycles. The van der Waals surface area contributed by atoms with E-state index in [-0.39, 0.29) is 11.5 Å². The minimum Gasteiger partial charge on any atom is -0.493 e. The summed E-state index contributed by atoms with van der Waals surface area (Å²) in [6, 6.07) is 15.2. The maximum atomic E-state index is 13.3. The van der Waals surface area contributed by atoms with E-state index in [4.69, 9.17) is 9.47 Å². The molecule has 1 aliphatic heterocycles. The molecule has 5 heteroatoms. The summed E-state index contributed by atoms with van der Waals surface area (Å²) in [7, 11) is 1.32. The van der Waals surface area contributed by atoms with Crippen molar-refractivity contribution < 1.29 is 19.1 Å². The Morgan fingerprint density at radius 2 is 1.76 bits per heavy atom. The predicted octanol–water partition coefficient (Wildman–Crippen LogP) is 4.52. The Morgan fingerprint density at radius 1 is 1.07 bits per heavy atom. The minimum atomic E-state index is -0.538. The van der Waals surface area contributed by atoms with Crippen molar-refractivity contribution in [3.8, 4) is 5.75 Å². The molecule has 0 aliphatic carbocycles. The van der Waals surface area contributed by atoms with Crippen molar-refractivity contribution in [3.63, 3.8) is 0 Å². The van der Waals surface area contributed by atoms with E-state index < -0.39 is 5.97 Å². The molecule has 3 rings (SSSR count). The van der Waals surface area contributed by atoms with Crippen LogP contribution in [0.1, 0.15) is 31.9 Å². The van der Waals surface area contributed by atoms with Crippen LogP contribution in [0.3, 0.4) is 0 Å². The molecule has 0 saturated heterocycles. The number of esters is 1. The number of methoxy groups -OCH3 is 1. The fourth-order valence-corrected chi connectivity index (χ4v) is 3.41. The van der Waals surface area contributed by atoms with E-state index in [1.165, 1.54) is 12.7 Å². The quantitative estimate of drug-likeness (QED) is 0.536. The van der Waals surface area contributed by atoms with Gasteiger partial charge < -0.3 is 9.47 Å². The molecule has 29 heavy (non-hydrogen) atoms. The second kappa shape index (κ2) is 8.78. The van der Waals surface area contributed by atoms with Gasteiger partial charge in [0, 0.05) is 16.9 Å². The van der Waals surface area contributed by atoms with Crippen molar-refractivity contribution in [1.82, 2.24) is 0 Å². The van der Waals surface area contributed by atoms with E-state index >= 15 is 0 Å². The average Bonchev–Trinajstić information content (AvgIpc) is 2.98. The van der Waals surface area contributed by atoms with Gasteiger partial charge in [0.2, 0.25) is 0 Å². The average molecular weight is 391 g/mol. The number of ether oxygens (including phenoxy) is 2. The summed E-state index contributed by atoms with van der Waals surface area (Å²) in [5.74, 6) is -0.148. The van der Waals surface area contributed by atoms with Crippen LogP contribution in [-0.4, -0.2) is 25.6 Å². The largest absolute Gasteiger partial charge is 0.493 e. The molecule has 150 valence electrons. The van der Waals surface area contributed by atoms with Crippen LogP contribution in [0.25, 0.3) is 6.08 Å². The van der Waals surface area contributed by atoms with Crippen LogP contribution in [0.15, 0.2) is 65.4 Å². The zero-order chi connectivity index (χ0) is 21.0. The third kappa shape index (κ3) is 3.94. The lowest BCUT2D eigenvalue weighted by molar-refractivity contribution is -0.136. The Balaban J connectivity index is 2.12. The van der Waals surface area contributed by atoms with E-state index in [1.54, 1.807) is 17.9 Å². The standard InChI is InChI=1S/C24H25NO4/c1-5-17-11-13-19(14-12-17)25-16(3)22(24(27)28-4)20(23(25)26)15-18-9-7-8-10-21(18)29-6-2/h7-15H,5-6H2,1-4H3/b20-15-. The number of aryl methyl sites for hydroxylation is 1. The van der Waals surface area contributed by atoms with E-state index in [2.05, 4.69) is 6.92 Å². The number of benzene rings is 2. The van der Waals surface area contributed by atoms with Crippen molar-refractivity contribution in [3.05, 3.63) is 76.5 Å². The zero-order valence-electron chi connectivity index (χ0n) is 17.2. The summed E-state index contributed by atoms with van der Waals surface area (Å²) in [5.41, 5.74) is 3.73. The van der Waals surface area contributed by atoms with Crippen LogP contribution in [-0.2, 0) is 20.7 Å². The molecule has 1 aliphatic rings. The Bertz CT molecular complexity index is 986. The van der Waals surface area contributed by atoms with E-state index in [1.807, 2.05) is 55.5 Å². The molecule has 1 heterocycles. The fraction of sp³-hybridized carbons (Fsp3) is 0.250. The third-order valence-corrected chi connectivity index (χ3v) is 4.91. The van der Waals surface area contributed by atoms with Gasteiger partial charge in [-0.15, -0.1) is 0 Å². The molecule has 1 amide bonds. The zero-order valence-corrected chi connectivity index (χ0v) is 17.2. The van der Waals surface area contributed by atoms with Gasteiger partial charge in [0.05, 0.1) is 24.9 Å². The highest BCUT2D eigenvalue weighted by Gasteiger charge is 2.38. The molecular formula is C24H25NO4. The van der Waals surface area contributed by atoms with Gasteiger partial charge in [0.1, 0.15) is 5.75 Å². The van der Waals surface area contributed by atoms with Gasteiger partial charge in [0.15, 0.2) is 0 Å². The third-order valence-electron chi connectivity index (χ3n) is 4.91. The van der Waals surface area contributed by atoms with Gasteiger partial charge in [-0.1, -0.05) is 37.3 Å². The molecule has 0 fully saturated rings. The first kappa shape index (κ1) is 20.4. The maximum Gasteiger partial charge on any atom is 0.340 e. The van der Waals surface area contributed by atoms with E-state index in [0.29, 0.717) is 29.3 Å². The maximum absolute atomic E-state index is 13.3. The predicted molar refractivity (Wildman–Crippen MR) is 114 cm³/mol. The Morgan fingerprint density at radius 3 is 2.38 bits per heavy atom. The summed E-state index contributed by atoms with van der Waals surface area (Å²) in [6.07, 6.45) is 2.61. The number of hydrogen-bond donors (Lipinski definition) is 0. The number of carbonyl (C=O) groups is 2. The number of nitrogens with zero attached hydrogens (tertiary/aromatic N) is 1. The Hall–Kier alpha value is -3.34. The molecular weight excluding hydrogens is 366 g/mol. The number of hydrogen-bond acceptors (Lipinski definition) is 4. The van der Waals surface area contributed by atoms with Gasteiger partial charge in [-0.05, 0) is 50.1 Å². The smallest absolute Gasteiger partial charge is 0.340 e. The summed E-state index contributed by atoms with van der Waals surface area (Å²) < 4.78 is 10.6. The van der Waals surface area contributed by atoms with Crippen LogP contribution >= 0.6 is 0 Å². The van der Waals surface area contributed by atoms with Gasteiger partial charge in [-0.2, -0.15) is 0 Å². The van der Waals surface area contributed by atoms with Crippen molar-refractivity contribution in [2.45, 2.75) is 27.2 Å². The number of anilines is 1. The van der Waals surface area contributed by atoms with Crippen LogP contribution < -0.4 is 9.64 Å². The molecule has 5 nitrogen and oxygen atoms in total. The highest BCUT2D eigenvalue weighted by Crippen LogP contribution is 2.36. The second-order valence-corrected chi connectivity index (χ2v) is 6.64. The van der Waals surface area contributed by atoms with Crippen molar-refractivity contribution in [1.29, 1.82) is 0 Å². The lowest BCUT2D eigenvalue weighted by atomic mass is 10.0. The van der Waals surface area contributed by atoms with Crippen molar-refractivity contribution in [2.24, 2.45) is 0 Å². The monoisotopic (exact) mass is 391 g/mol. The topological polar surface area (TPSA) is 55.8 Å². The highest BCUT2D eigenvalue weighted by molar-refractivity contribution is 6.23. The summed E-state index contributed by atoms with van der Waals surface area (Å²) in [5, 5.41) is 0. The second-order valence-electron chi connectivity index (χ2n) is 6.64. The first-order valence-electron chi connectivity index (χ1n) is 9.68. The van der Waals surface area contributed by atoms with Crippen LogP contribution in [0.4, 0.5) is 5.69 Å². The van der Waals surface area contributed by atoms with Crippen molar-refractivity contribution >= 4 is 23.6 Å². The SMILES string of the molecule is CCOc1ccccc1/C=C1\C(=O)N(c2ccc(CC)cc2)C(C)=C1C(=O)OC. The molecule has 2 aromatic rings. The molecule has 0 spiro atoms. The summed E-state index contributed by atoms with van der Waals surface area (Å²) in [4.78, 5) is 27.4. The van der Waals surface area contributed by atoms with Gasteiger partial charge in [-0.25, -0.2) is 4.79 Å². The lowest BCUT2D eigenvalue weighted by Gasteiger charge is -2.18. The fourth-order valence-electron chi connectivity index (χ4n) is 3.41. The lowest BCUT2D eigenvalue weighted by Crippen LogP contribution is -2.24. The van der Waals surface area contributed by atoms with E-state index in [0.717, 1.165) is 12.0 Å². The number of amides is 1.